The van der Waals surface area contributed by atoms with Crippen molar-refractivity contribution in [2.45, 2.75) is 41.5 Å². The van der Waals surface area contributed by atoms with Crippen LogP contribution in [0.1, 0.15) is 41.5 Å². The molecule has 56 heavy (non-hydrogen) atoms. The van der Waals surface area contributed by atoms with Crippen LogP contribution in [0.3, 0.4) is 0 Å². The summed E-state index contributed by atoms with van der Waals surface area (Å²) in [5, 5.41) is 10.6. The average molecular weight is 731 g/mol. The minimum absolute atomic E-state index is 0.198. The Kier molecular flexibility index (Phi) is 9.77. The topological polar surface area (TPSA) is 66.9 Å². The largest absolute Gasteiger partial charge is 0.323 e. The number of carbonyl (C=O) groups is 2. The highest BCUT2D eigenvalue weighted by molar-refractivity contribution is 6.17. The Bertz CT molecular complexity index is 2550. The number of hydrogen-bond acceptors (Lipinski definition) is 2. The highest BCUT2D eigenvalue weighted by Gasteiger charge is 2.29. The molecule has 274 valence electrons. The smallest absolute Gasteiger partial charge is 0.229 e. The summed E-state index contributed by atoms with van der Waals surface area (Å²) < 4.78 is 0. The fourth-order valence-electron chi connectivity index (χ4n) is 6.96. The van der Waals surface area contributed by atoms with Crippen LogP contribution in [-0.2, 0) is 9.59 Å². The lowest BCUT2D eigenvalue weighted by Gasteiger charge is -2.27. The Hall–Kier alpha value is -7.02. The molecule has 7 rings (SSSR count). The third-order valence-corrected chi connectivity index (χ3v) is 10.0. The fourth-order valence-corrected chi connectivity index (χ4v) is 6.96. The van der Waals surface area contributed by atoms with Gasteiger partial charge in [0.15, 0.2) is 11.4 Å². The van der Waals surface area contributed by atoms with Gasteiger partial charge in [-0.3, -0.25) is 9.59 Å². The zero-order chi connectivity index (χ0) is 39.8. The van der Waals surface area contributed by atoms with Crippen molar-refractivity contribution < 1.29 is 9.59 Å². The second-order valence-electron chi connectivity index (χ2n) is 16.1. The van der Waals surface area contributed by atoms with Crippen LogP contribution in [0.15, 0.2) is 133 Å². The van der Waals surface area contributed by atoms with Crippen molar-refractivity contribution in [2.75, 3.05) is 10.6 Å². The number of rotatable bonds is 6. The average Bonchev–Trinajstić information content (AvgIpc) is 3.19. The van der Waals surface area contributed by atoms with Gasteiger partial charge in [0, 0.05) is 22.0 Å². The van der Waals surface area contributed by atoms with Crippen LogP contribution < -0.4 is 10.6 Å². The van der Waals surface area contributed by atoms with Gasteiger partial charge in [0.1, 0.15) is 0 Å². The van der Waals surface area contributed by atoms with Crippen molar-refractivity contribution in [3.63, 3.8) is 0 Å². The van der Waals surface area contributed by atoms with Gasteiger partial charge in [-0.2, -0.15) is 0 Å². The minimum Gasteiger partial charge on any atom is -0.323 e. The van der Waals surface area contributed by atoms with Crippen LogP contribution in [0, 0.1) is 24.0 Å². The van der Waals surface area contributed by atoms with Gasteiger partial charge in [-0.05, 0) is 54.9 Å². The van der Waals surface area contributed by atoms with E-state index in [1.807, 2.05) is 126 Å². The summed E-state index contributed by atoms with van der Waals surface area (Å²) in [5.41, 5.74) is 7.77. The molecule has 0 radical (unpaired) electrons. The van der Waals surface area contributed by atoms with Gasteiger partial charge in [-0.1, -0.05) is 175 Å². The van der Waals surface area contributed by atoms with Crippen molar-refractivity contribution in [1.82, 2.24) is 0 Å². The van der Waals surface area contributed by atoms with E-state index in [0.29, 0.717) is 22.7 Å². The highest BCUT2D eigenvalue weighted by Crippen LogP contribution is 2.48. The van der Waals surface area contributed by atoms with Crippen LogP contribution in [0.25, 0.3) is 75.7 Å². The molecule has 2 amide bonds. The first-order chi connectivity index (χ1) is 26.8. The molecule has 2 N–H and O–H groups in total. The van der Waals surface area contributed by atoms with Gasteiger partial charge in [0.05, 0.1) is 24.5 Å². The predicted octanol–water partition coefficient (Wildman–Crippen LogP) is 13.7. The van der Waals surface area contributed by atoms with E-state index < -0.39 is 10.8 Å². The summed E-state index contributed by atoms with van der Waals surface area (Å²) in [6.07, 6.45) is 0. The molecule has 0 heterocycles. The van der Waals surface area contributed by atoms with Crippen LogP contribution >= 0.6 is 0 Å². The molecule has 7 aromatic carbocycles. The van der Waals surface area contributed by atoms with Crippen molar-refractivity contribution in [1.29, 1.82) is 0 Å². The van der Waals surface area contributed by atoms with E-state index in [-0.39, 0.29) is 11.8 Å². The number of anilines is 2. The molecule has 0 aliphatic rings. The van der Waals surface area contributed by atoms with Gasteiger partial charge in [-0.25, -0.2) is 9.69 Å². The first kappa shape index (κ1) is 37.3. The Labute approximate surface area is 328 Å². The number of hydrogen-bond donors (Lipinski definition) is 2. The second-order valence-corrected chi connectivity index (χ2v) is 16.1. The Morgan fingerprint density at radius 2 is 0.750 bits per heavy atom. The maximum atomic E-state index is 14.1. The molecule has 6 nitrogen and oxygen atoms in total. The molecule has 7 aromatic rings. The summed E-state index contributed by atoms with van der Waals surface area (Å²) >= 11 is 0. The van der Waals surface area contributed by atoms with Gasteiger partial charge in [-0.15, -0.1) is 0 Å². The van der Waals surface area contributed by atoms with Crippen LogP contribution in [0.5, 0.6) is 0 Å². The number of benzene rings is 7. The third kappa shape index (κ3) is 7.14. The SMILES string of the molecule is [C-]#[N+]c1ccc(-c2cccc3cccc(-c4ccc(-c5cccc6cccc(-c7ccc([N+]#[C-])cc7)c56)c(NC(=O)C(C)(C)C)c4NC(=O)C(C)(C)C)c23)cc1. The van der Waals surface area contributed by atoms with Crippen molar-refractivity contribution in [2.24, 2.45) is 10.8 Å². The summed E-state index contributed by atoms with van der Waals surface area (Å²) in [6, 6.07) is 43.9. The molecule has 0 unspecified atom stereocenters. The van der Waals surface area contributed by atoms with E-state index in [2.05, 4.69) is 68.9 Å². The van der Waals surface area contributed by atoms with Gasteiger partial charge in [0.25, 0.3) is 0 Å². The van der Waals surface area contributed by atoms with Gasteiger partial charge >= 0.3 is 0 Å². The monoisotopic (exact) mass is 730 g/mol. The lowest BCUT2D eigenvalue weighted by atomic mass is 9.86. The number of carbonyl (C=O) groups excluding carboxylic acids is 2. The lowest BCUT2D eigenvalue weighted by molar-refractivity contribution is -0.124. The summed E-state index contributed by atoms with van der Waals surface area (Å²) in [5.74, 6) is -0.397. The molecule has 0 aliphatic heterocycles. The molecule has 0 atom stereocenters. The van der Waals surface area contributed by atoms with E-state index in [9.17, 15) is 9.59 Å². The molecular formula is C50H42N4O2. The quantitative estimate of drug-likeness (QED) is 0.167. The summed E-state index contributed by atoms with van der Waals surface area (Å²) in [6.45, 7) is 26.2. The number of nitrogens with one attached hydrogen (secondary N) is 2. The first-order valence-corrected chi connectivity index (χ1v) is 18.6. The van der Waals surface area contributed by atoms with Crippen molar-refractivity contribution in [3.8, 4) is 44.5 Å². The third-order valence-electron chi connectivity index (χ3n) is 10.0. The first-order valence-electron chi connectivity index (χ1n) is 18.6. The Morgan fingerprint density at radius 1 is 0.429 bits per heavy atom. The predicted molar refractivity (Wildman–Crippen MR) is 232 cm³/mol. The van der Waals surface area contributed by atoms with Gasteiger partial charge in [0.2, 0.25) is 11.8 Å². The molecule has 0 spiro atoms. The number of nitrogens with zero attached hydrogens (tertiary/aromatic N) is 2. The maximum Gasteiger partial charge on any atom is 0.229 e. The fraction of sp³-hybridized carbons (Fsp3) is 0.160. The van der Waals surface area contributed by atoms with E-state index in [1.54, 1.807) is 0 Å². The van der Waals surface area contributed by atoms with E-state index in [1.165, 1.54) is 0 Å². The molecule has 0 aliphatic carbocycles. The van der Waals surface area contributed by atoms with E-state index in [4.69, 9.17) is 13.1 Å². The molecule has 0 saturated carbocycles. The van der Waals surface area contributed by atoms with E-state index >= 15 is 0 Å². The lowest BCUT2D eigenvalue weighted by Crippen LogP contribution is -2.31. The zero-order valence-corrected chi connectivity index (χ0v) is 32.4. The number of fused-ring (bicyclic) bond motifs is 2. The van der Waals surface area contributed by atoms with E-state index in [0.717, 1.165) is 66.1 Å². The normalized spacial score (nSPS) is 11.5. The van der Waals surface area contributed by atoms with Crippen molar-refractivity contribution in [3.05, 3.63) is 156 Å². The second kappa shape index (κ2) is 14.7. The molecule has 6 heteroatoms. The van der Waals surface area contributed by atoms with Crippen LogP contribution in [0.2, 0.25) is 0 Å². The molecule has 0 fully saturated rings. The molecular weight excluding hydrogens is 689 g/mol. The summed E-state index contributed by atoms with van der Waals surface area (Å²) in [7, 11) is 0. The van der Waals surface area contributed by atoms with Gasteiger partial charge < -0.3 is 10.6 Å². The maximum absolute atomic E-state index is 14.1. The zero-order valence-electron chi connectivity index (χ0n) is 32.4. The highest BCUT2D eigenvalue weighted by atomic mass is 16.2. The van der Waals surface area contributed by atoms with Crippen LogP contribution in [0.4, 0.5) is 22.7 Å². The Morgan fingerprint density at radius 3 is 1.05 bits per heavy atom. The van der Waals surface area contributed by atoms with Crippen LogP contribution in [-0.4, -0.2) is 11.8 Å². The van der Waals surface area contributed by atoms with Crippen molar-refractivity contribution >= 4 is 56.1 Å². The standard InChI is InChI=1S/C50H42N4O2/c1-49(2,3)47(55)53-45-41(39-19-11-15-33-13-9-17-37(43(33)39)31-21-25-35(51-7)26-22-31)29-30-42(46(45)54-48(56)50(4,5)6)40-20-12-16-34-14-10-18-38(44(34)40)32-23-27-36(52-8)28-24-32/h9-30H,1-6H3,(H,53,55)(H,54,56). The summed E-state index contributed by atoms with van der Waals surface area (Å²) in [4.78, 5) is 35.5. The Balaban J connectivity index is 1.57. The molecule has 0 bridgehead atoms. The minimum atomic E-state index is -0.753. The molecule has 0 saturated heterocycles. The molecule has 0 aromatic heterocycles. The number of amides is 2.